The fourth-order valence-corrected chi connectivity index (χ4v) is 3.92. The number of benzene rings is 2. The Kier molecular flexibility index (Phi) is 6.06. The minimum atomic E-state index is -2.63. The van der Waals surface area contributed by atoms with Crippen molar-refractivity contribution in [3.05, 3.63) is 59.9 Å². The summed E-state index contributed by atoms with van der Waals surface area (Å²) >= 11 is 0. The van der Waals surface area contributed by atoms with Crippen LogP contribution in [0.4, 0.5) is 13.6 Å². The standard InChI is InChI=1S/C23H26F2N4O2/c1-31-17-8-6-15(7-9-17)14-20(21-27-18-4-2-3-5-19(18)28-21)29-22(30)26-16-10-12-23(24,25)13-11-16/h2-9,16,20H,10-14H2,1H3,(H,27,28)(H2,26,29,30). The van der Waals surface area contributed by atoms with Crippen LogP contribution in [0.1, 0.15) is 43.1 Å². The van der Waals surface area contributed by atoms with E-state index in [9.17, 15) is 13.6 Å². The van der Waals surface area contributed by atoms with Gasteiger partial charge in [-0.1, -0.05) is 24.3 Å². The molecule has 1 aromatic heterocycles. The molecule has 1 fully saturated rings. The Morgan fingerprint density at radius 2 is 1.90 bits per heavy atom. The summed E-state index contributed by atoms with van der Waals surface area (Å²) in [5.74, 6) is -1.23. The molecule has 8 heteroatoms. The maximum atomic E-state index is 13.4. The lowest BCUT2D eigenvalue weighted by atomic mass is 9.92. The predicted octanol–water partition coefficient (Wildman–Crippen LogP) is 4.73. The summed E-state index contributed by atoms with van der Waals surface area (Å²) in [6.45, 7) is 0. The molecule has 0 aliphatic heterocycles. The Bertz CT molecular complexity index is 992. The fraction of sp³-hybridized carbons (Fsp3) is 0.391. The quantitative estimate of drug-likeness (QED) is 0.531. The number of para-hydroxylation sites is 2. The second-order valence-corrected chi connectivity index (χ2v) is 7.99. The van der Waals surface area contributed by atoms with Crippen LogP contribution in [0.25, 0.3) is 11.0 Å². The van der Waals surface area contributed by atoms with E-state index in [1.165, 1.54) is 0 Å². The highest BCUT2D eigenvalue weighted by Gasteiger charge is 2.35. The first-order valence-electron chi connectivity index (χ1n) is 10.4. The van der Waals surface area contributed by atoms with Gasteiger partial charge in [-0.25, -0.2) is 18.6 Å². The number of carbonyl (C=O) groups is 1. The van der Waals surface area contributed by atoms with Crippen molar-refractivity contribution in [1.29, 1.82) is 0 Å². The lowest BCUT2D eigenvalue weighted by molar-refractivity contribution is -0.0395. The zero-order valence-corrected chi connectivity index (χ0v) is 17.3. The number of alkyl halides is 2. The second-order valence-electron chi connectivity index (χ2n) is 7.99. The van der Waals surface area contributed by atoms with Gasteiger partial charge in [0.15, 0.2) is 0 Å². The van der Waals surface area contributed by atoms with Crippen LogP contribution >= 0.6 is 0 Å². The van der Waals surface area contributed by atoms with Gasteiger partial charge in [-0.2, -0.15) is 0 Å². The molecule has 3 aromatic rings. The number of hydrogen-bond acceptors (Lipinski definition) is 3. The predicted molar refractivity (Wildman–Crippen MR) is 114 cm³/mol. The number of nitrogens with one attached hydrogen (secondary N) is 3. The summed E-state index contributed by atoms with van der Waals surface area (Å²) in [5, 5.41) is 5.83. The molecule has 31 heavy (non-hydrogen) atoms. The number of halogens is 2. The van der Waals surface area contributed by atoms with Crippen LogP contribution in [0, 0.1) is 0 Å². The van der Waals surface area contributed by atoms with Crippen molar-refractivity contribution in [2.24, 2.45) is 0 Å². The number of H-pyrrole nitrogens is 1. The Morgan fingerprint density at radius 1 is 1.19 bits per heavy atom. The molecule has 1 aliphatic carbocycles. The lowest BCUT2D eigenvalue weighted by Crippen LogP contribution is -2.46. The lowest BCUT2D eigenvalue weighted by Gasteiger charge is -2.29. The number of ether oxygens (including phenoxy) is 1. The van der Waals surface area contributed by atoms with Crippen molar-refractivity contribution in [2.45, 2.75) is 50.1 Å². The first-order chi connectivity index (χ1) is 14.9. The number of rotatable bonds is 6. The van der Waals surface area contributed by atoms with E-state index in [0.717, 1.165) is 22.3 Å². The van der Waals surface area contributed by atoms with Crippen molar-refractivity contribution in [3.8, 4) is 5.75 Å². The molecule has 0 spiro atoms. The average molecular weight is 428 g/mol. The molecule has 0 saturated heterocycles. The van der Waals surface area contributed by atoms with Gasteiger partial charge in [-0.15, -0.1) is 0 Å². The number of aromatic amines is 1. The molecule has 4 rings (SSSR count). The normalized spacial score (nSPS) is 17.3. The first kappa shape index (κ1) is 21.1. The Labute approximate surface area is 179 Å². The molecule has 164 valence electrons. The maximum Gasteiger partial charge on any atom is 0.315 e. The number of urea groups is 1. The third kappa shape index (κ3) is 5.31. The summed E-state index contributed by atoms with van der Waals surface area (Å²) < 4.78 is 32.0. The number of aromatic nitrogens is 2. The van der Waals surface area contributed by atoms with Gasteiger partial charge in [0, 0.05) is 18.9 Å². The molecule has 3 N–H and O–H groups in total. The summed E-state index contributed by atoms with van der Waals surface area (Å²) in [4.78, 5) is 20.6. The van der Waals surface area contributed by atoms with Crippen LogP contribution in [0.3, 0.4) is 0 Å². The van der Waals surface area contributed by atoms with E-state index in [2.05, 4.69) is 20.6 Å². The number of hydrogen-bond donors (Lipinski definition) is 3. The highest BCUT2D eigenvalue weighted by atomic mass is 19.3. The third-order valence-electron chi connectivity index (χ3n) is 5.69. The zero-order chi connectivity index (χ0) is 21.8. The van der Waals surface area contributed by atoms with Crippen molar-refractivity contribution < 1.29 is 18.3 Å². The maximum absolute atomic E-state index is 13.4. The van der Waals surface area contributed by atoms with Gasteiger partial charge in [-0.3, -0.25) is 0 Å². The van der Waals surface area contributed by atoms with Gasteiger partial charge in [0.05, 0.1) is 24.2 Å². The number of amides is 2. The van der Waals surface area contributed by atoms with Gasteiger partial charge in [0.2, 0.25) is 5.92 Å². The monoisotopic (exact) mass is 428 g/mol. The molecular weight excluding hydrogens is 402 g/mol. The van der Waals surface area contributed by atoms with Gasteiger partial charge in [-0.05, 0) is 49.1 Å². The summed E-state index contributed by atoms with van der Waals surface area (Å²) in [5.41, 5.74) is 2.70. The van der Waals surface area contributed by atoms with Crippen LogP contribution in [-0.2, 0) is 6.42 Å². The average Bonchev–Trinajstić information content (AvgIpc) is 3.20. The van der Waals surface area contributed by atoms with Gasteiger partial charge in [0.1, 0.15) is 11.6 Å². The van der Waals surface area contributed by atoms with Crippen LogP contribution in [-0.4, -0.2) is 35.1 Å². The van der Waals surface area contributed by atoms with Gasteiger partial charge in [0.25, 0.3) is 0 Å². The molecule has 1 unspecified atom stereocenters. The van der Waals surface area contributed by atoms with E-state index in [1.54, 1.807) is 7.11 Å². The molecule has 0 radical (unpaired) electrons. The molecule has 2 aromatic carbocycles. The number of methoxy groups -OCH3 is 1. The highest BCUT2D eigenvalue weighted by molar-refractivity contribution is 5.76. The smallest absolute Gasteiger partial charge is 0.315 e. The summed E-state index contributed by atoms with van der Waals surface area (Å²) in [6, 6.07) is 14.2. The molecule has 6 nitrogen and oxygen atoms in total. The minimum Gasteiger partial charge on any atom is -0.497 e. The second kappa shape index (κ2) is 8.91. The van der Waals surface area contributed by atoms with Crippen molar-refractivity contribution in [1.82, 2.24) is 20.6 Å². The molecule has 1 saturated carbocycles. The molecule has 1 aliphatic rings. The highest BCUT2D eigenvalue weighted by Crippen LogP contribution is 2.33. The van der Waals surface area contributed by atoms with Crippen LogP contribution in [0.5, 0.6) is 5.75 Å². The van der Waals surface area contributed by atoms with Crippen molar-refractivity contribution in [3.63, 3.8) is 0 Å². The molecule has 0 bridgehead atoms. The van der Waals surface area contributed by atoms with Crippen molar-refractivity contribution in [2.75, 3.05) is 7.11 Å². The van der Waals surface area contributed by atoms with E-state index in [-0.39, 0.29) is 37.8 Å². The molecular formula is C23H26F2N4O2. The van der Waals surface area contributed by atoms with E-state index >= 15 is 0 Å². The number of nitrogens with zero attached hydrogens (tertiary/aromatic N) is 1. The van der Waals surface area contributed by atoms with Gasteiger partial charge >= 0.3 is 6.03 Å². The molecule has 2 amide bonds. The summed E-state index contributed by atoms with van der Waals surface area (Å²) in [7, 11) is 1.61. The number of imidazole rings is 1. The fourth-order valence-electron chi connectivity index (χ4n) is 3.92. The van der Waals surface area contributed by atoms with Crippen LogP contribution < -0.4 is 15.4 Å². The molecule has 1 atom stereocenters. The van der Waals surface area contributed by atoms with Crippen LogP contribution in [0.15, 0.2) is 48.5 Å². The molecule has 1 heterocycles. The Hall–Kier alpha value is -3.16. The zero-order valence-electron chi connectivity index (χ0n) is 17.3. The third-order valence-corrected chi connectivity index (χ3v) is 5.69. The minimum absolute atomic E-state index is 0.198. The van der Waals surface area contributed by atoms with Crippen LogP contribution in [0.2, 0.25) is 0 Å². The van der Waals surface area contributed by atoms with E-state index < -0.39 is 12.0 Å². The summed E-state index contributed by atoms with van der Waals surface area (Å²) in [6.07, 6.45) is 0.663. The first-order valence-corrected chi connectivity index (χ1v) is 10.4. The Morgan fingerprint density at radius 3 is 2.58 bits per heavy atom. The van der Waals surface area contributed by atoms with Crippen molar-refractivity contribution >= 4 is 17.1 Å². The number of carbonyl (C=O) groups excluding carboxylic acids is 1. The SMILES string of the molecule is COc1ccc(CC(NC(=O)NC2CCC(F)(F)CC2)c2nc3ccccc3[nH]2)cc1. The van der Waals surface area contributed by atoms with Gasteiger partial charge < -0.3 is 20.4 Å². The van der Waals surface area contributed by atoms with E-state index in [0.29, 0.717) is 12.2 Å². The number of fused-ring (bicyclic) bond motifs is 1. The largest absolute Gasteiger partial charge is 0.497 e. The van der Waals surface area contributed by atoms with E-state index in [1.807, 2.05) is 48.5 Å². The Balaban J connectivity index is 1.49. The van der Waals surface area contributed by atoms with E-state index in [4.69, 9.17) is 4.74 Å². The topological polar surface area (TPSA) is 79.0 Å².